The van der Waals surface area contributed by atoms with Crippen LogP contribution in [0.3, 0.4) is 0 Å². The third-order valence-electron chi connectivity index (χ3n) is 4.73. The van der Waals surface area contributed by atoms with Crippen LogP contribution in [0.4, 0.5) is 10.6 Å². The van der Waals surface area contributed by atoms with Crippen molar-refractivity contribution in [1.82, 2.24) is 19.4 Å². The van der Waals surface area contributed by atoms with E-state index in [2.05, 4.69) is 16.5 Å². The Morgan fingerprint density at radius 2 is 1.83 bits per heavy atom. The van der Waals surface area contributed by atoms with Crippen molar-refractivity contribution >= 4 is 24.5 Å². The first-order valence-electron chi connectivity index (χ1n) is 9.94. The molecule has 1 aromatic rings. The van der Waals surface area contributed by atoms with Crippen molar-refractivity contribution in [3.8, 4) is 0 Å². The van der Waals surface area contributed by atoms with Gasteiger partial charge in [0.2, 0.25) is 6.41 Å². The number of imidazole rings is 1. The minimum absolute atomic E-state index is 0.283. The molecule has 2 amide bonds. The average Bonchev–Trinajstić information content (AvgIpc) is 2.99. The topological polar surface area (TPSA) is 70.9 Å². The van der Waals surface area contributed by atoms with Crippen molar-refractivity contribution in [2.24, 2.45) is 0 Å². The monoisotopic (exact) mass is 403 g/mol. The largest absolute Gasteiger partial charge is 0.444 e. The normalized spacial score (nSPS) is 15.3. The fraction of sp³-hybridized carbons (Fsp3) is 0.571. The van der Waals surface area contributed by atoms with Crippen LogP contribution in [0.1, 0.15) is 39.2 Å². The van der Waals surface area contributed by atoms with Gasteiger partial charge in [-0.05, 0) is 40.2 Å². The molecule has 1 aliphatic heterocycles. The lowest BCUT2D eigenvalue weighted by molar-refractivity contribution is -0.107. The molecule has 1 aliphatic rings. The maximum Gasteiger partial charge on any atom is 0.410 e. The maximum absolute atomic E-state index is 12.3. The van der Waals surface area contributed by atoms with Gasteiger partial charge in [-0.15, -0.1) is 0 Å². The highest BCUT2D eigenvalue weighted by atomic mass is 16.6. The molecule has 8 heteroatoms. The summed E-state index contributed by atoms with van der Waals surface area (Å²) in [4.78, 5) is 33.7. The van der Waals surface area contributed by atoms with E-state index in [1.807, 2.05) is 45.4 Å². The molecule has 0 radical (unpaired) electrons. The van der Waals surface area contributed by atoms with Gasteiger partial charge >= 0.3 is 6.09 Å². The number of hydrogen-bond acceptors (Lipinski definition) is 5. The summed E-state index contributed by atoms with van der Waals surface area (Å²) in [6, 6.07) is 0. The van der Waals surface area contributed by atoms with E-state index in [0.29, 0.717) is 26.2 Å². The minimum atomic E-state index is -0.503. The van der Waals surface area contributed by atoms with E-state index in [-0.39, 0.29) is 6.09 Å². The SMILES string of the molecule is C=C/C(=C\n1c(C)nc(CC)c1N(C)C=O)N1CCN(C(=O)OC(C)(C)C)CC1. The van der Waals surface area contributed by atoms with E-state index in [1.165, 1.54) is 4.90 Å². The summed E-state index contributed by atoms with van der Waals surface area (Å²) in [6.07, 6.45) is 4.97. The highest BCUT2D eigenvalue weighted by Gasteiger charge is 2.26. The smallest absolute Gasteiger partial charge is 0.410 e. The Kier molecular flexibility index (Phi) is 7.11. The van der Waals surface area contributed by atoms with Gasteiger partial charge in [0.25, 0.3) is 0 Å². The number of hydrogen-bond donors (Lipinski definition) is 0. The zero-order chi connectivity index (χ0) is 21.8. The van der Waals surface area contributed by atoms with E-state index in [1.54, 1.807) is 18.0 Å². The quantitative estimate of drug-likeness (QED) is 0.540. The molecule has 2 rings (SSSR count). The highest BCUT2D eigenvalue weighted by Crippen LogP contribution is 2.24. The zero-order valence-electron chi connectivity index (χ0n) is 18.4. The van der Waals surface area contributed by atoms with Gasteiger partial charge < -0.3 is 19.4 Å². The Morgan fingerprint density at radius 3 is 2.31 bits per heavy atom. The molecule has 160 valence electrons. The van der Waals surface area contributed by atoms with Crippen molar-refractivity contribution in [2.45, 2.75) is 46.6 Å². The van der Waals surface area contributed by atoms with Crippen LogP contribution < -0.4 is 4.90 Å². The predicted octanol–water partition coefficient (Wildman–Crippen LogP) is 2.88. The Hall–Kier alpha value is -2.77. The van der Waals surface area contributed by atoms with E-state index in [4.69, 9.17) is 4.74 Å². The van der Waals surface area contributed by atoms with Gasteiger partial charge in [0.05, 0.1) is 11.4 Å². The number of rotatable bonds is 6. The lowest BCUT2D eigenvalue weighted by Gasteiger charge is -2.37. The first-order valence-corrected chi connectivity index (χ1v) is 9.94. The minimum Gasteiger partial charge on any atom is -0.444 e. The van der Waals surface area contributed by atoms with Crippen LogP contribution in [0.2, 0.25) is 0 Å². The van der Waals surface area contributed by atoms with Crippen LogP contribution >= 0.6 is 0 Å². The van der Waals surface area contributed by atoms with Crippen LogP contribution in [0, 0.1) is 6.92 Å². The number of carbonyl (C=O) groups is 2. The Morgan fingerprint density at radius 1 is 1.24 bits per heavy atom. The van der Waals surface area contributed by atoms with Gasteiger partial charge in [-0.25, -0.2) is 9.78 Å². The third kappa shape index (κ3) is 5.40. The summed E-state index contributed by atoms with van der Waals surface area (Å²) in [5, 5.41) is 0. The predicted molar refractivity (Wildman–Crippen MR) is 115 cm³/mol. The molecule has 0 atom stereocenters. The molecule has 1 aromatic heterocycles. The number of aromatic nitrogens is 2. The molecular weight excluding hydrogens is 370 g/mol. The van der Waals surface area contributed by atoms with Gasteiger partial charge in [-0.1, -0.05) is 13.5 Å². The van der Waals surface area contributed by atoms with Crippen LogP contribution in [-0.2, 0) is 16.0 Å². The molecule has 0 N–H and O–H groups in total. The van der Waals surface area contributed by atoms with Crippen LogP contribution in [0.15, 0.2) is 18.4 Å². The molecule has 8 nitrogen and oxygen atoms in total. The van der Waals surface area contributed by atoms with Gasteiger partial charge in [0.1, 0.15) is 17.2 Å². The molecule has 1 fully saturated rings. The second kappa shape index (κ2) is 9.15. The molecule has 2 heterocycles. The van der Waals surface area contributed by atoms with E-state index >= 15 is 0 Å². The maximum atomic E-state index is 12.3. The second-order valence-electron chi connectivity index (χ2n) is 8.08. The molecule has 0 aliphatic carbocycles. The number of piperazine rings is 1. The van der Waals surface area contributed by atoms with Crippen molar-refractivity contribution in [3.05, 3.63) is 29.9 Å². The average molecular weight is 404 g/mol. The Bertz CT molecular complexity index is 783. The molecule has 0 spiro atoms. The van der Waals surface area contributed by atoms with Gasteiger partial charge in [-0.3, -0.25) is 9.36 Å². The summed E-state index contributed by atoms with van der Waals surface area (Å²) < 4.78 is 7.38. The number of nitrogens with zero attached hydrogens (tertiary/aromatic N) is 5. The zero-order valence-corrected chi connectivity index (χ0v) is 18.4. The Labute approximate surface area is 173 Å². The van der Waals surface area contributed by atoms with Crippen molar-refractivity contribution < 1.29 is 14.3 Å². The number of carbonyl (C=O) groups excluding carboxylic acids is 2. The van der Waals surface area contributed by atoms with Crippen molar-refractivity contribution in [1.29, 1.82) is 0 Å². The summed E-state index contributed by atoms with van der Waals surface area (Å²) in [5.41, 5.74) is 1.28. The molecule has 0 saturated carbocycles. The number of amides is 2. The number of allylic oxidation sites excluding steroid dienone is 1. The highest BCUT2D eigenvalue weighted by molar-refractivity contribution is 5.75. The van der Waals surface area contributed by atoms with Gasteiger partial charge in [0.15, 0.2) is 0 Å². The second-order valence-corrected chi connectivity index (χ2v) is 8.08. The first kappa shape index (κ1) is 22.5. The summed E-state index contributed by atoms with van der Waals surface area (Å²) in [6.45, 7) is 16.0. The lowest BCUT2D eigenvalue weighted by atomic mass is 10.2. The molecule has 29 heavy (non-hydrogen) atoms. The third-order valence-corrected chi connectivity index (χ3v) is 4.73. The summed E-state index contributed by atoms with van der Waals surface area (Å²) >= 11 is 0. The van der Waals surface area contributed by atoms with Gasteiger partial charge in [0, 0.05) is 39.4 Å². The molecular formula is C21H33N5O3. The van der Waals surface area contributed by atoms with Crippen LogP contribution in [0.5, 0.6) is 0 Å². The summed E-state index contributed by atoms with van der Waals surface area (Å²) in [5.74, 6) is 1.56. The Balaban J connectivity index is 2.20. The summed E-state index contributed by atoms with van der Waals surface area (Å²) in [7, 11) is 1.72. The fourth-order valence-electron chi connectivity index (χ4n) is 3.28. The van der Waals surface area contributed by atoms with E-state index in [9.17, 15) is 9.59 Å². The van der Waals surface area contributed by atoms with Gasteiger partial charge in [-0.2, -0.15) is 0 Å². The van der Waals surface area contributed by atoms with Crippen LogP contribution in [0.25, 0.3) is 6.20 Å². The van der Waals surface area contributed by atoms with Crippen LogP contribution in [-0.4, -0.2) is 70.7 Å². The van der Waals surface area contributed by atoms with E-state index in [0.717, 1.165) is 35.9 Å². The molecule has 0 bridgehead atoms. The van der Waals surface area contributed by atoms with E-state index < -0.39 is 5.60 Å². The number of aryl methyl sites for hydroxylation is 2. The molecule has 1 saturated heterocycles. The fourth-order valence-corrected chi connectivity index (χ4v) is 3.28. The number of anilines is 1. The standard InChI is InChI=1S/C21H33N5O3/c1-8-17(14-26-16(3)22-18(9-2)19(26)23(7)15-27)24-10-12-25(13-11-24)20(28)29-21(4,5)6/h8,14-15H,1,9-13H2,2-7H3/b17-14+. The van der Waals surface area contributed by atoms with Crippen molar-refractivity contribution in [3.63, 3.8) is 0 Å². The van der Waals surface area contributed by atoms with Crippen molar-refractivity contribution in [2.75, 3.05) is 38.1 Å². The number of ether oxygens (including phenoxy) is 1. The first-order chi connectivity index (χ1) is 13.6. The molecule has 0 aromatic carbocycles. The lowest BCUT2D eigenvalue weighted by Crippen LogP contribution is -2.49. The molecule has 0 unspecified atom stereocenters.